The van der Waals surface area contributed by atoms with Crippen molar-refractivity contribution in [1.29, 1.82) is 0 Å². The van der Waals surface area contributed by atoms with Crippen molar-refractivity contribution in [2.75, 3.05) is 6.61 Å². The molecule has 1 aromatic heterocycles. The van der Waals surface area contributed by atoms with Crippen LogP contribution in [0.25, 0.3) is 6.08 Å². The molecule has 0 atom stereocenters. The summed E-state index contributed by atoms with van der Waals surface area (Å²) in [4.78, 5) is 22.9. The largest absolute Gasteiger partial charge is 0.493 e. The second-order valence-corrected chi connectivity index (χ2v) is 6.08. The molecule has 0 aliphatic heterocycles. The molecule has 6 heteroatoms. The fraction of sp³-hybridized carbons (Fsp3) is 0.125. The first kappa shape index (κ1) is 16.3. The van der Waals surface area contributed by atoms with Crippen LogP contribution in [0.2, 0.25) is 4.34 Å². The van der Waals surface area contributed by atoms with E-state index >= 15 is 0 Å². The van der Waals surface area contributed by atoms with Gasteiger partial charge < -0.3 is 9.84 Å². The highest BCUT2D eigenvalue weighted by Gasteiger charge is 2.05. The zero-order valence-corrected chi connectivity index (χ0v) is 13.1. The Morgan fingerprint density at radius 1 is 1.27 bits per heavy atom. The Labute approximate surface area is 136 Å². The number of ketones is 1. The molecule has 1 heterocycles. The third-order valence-electron chi connectivity index (χ3n) is 2.69. The van der Waals surface area contributed by atoms with Gasteiger partial charge in [0, 0.05) is 0 Å². The molecule has 0 unspecified atom stereocenters. The number of carbonyl (C=O) groups is 2. The molecule has 0 aliphatic carbocycles. The number of thiophene rings is 1. The molecular weight excluding hydrogens is 324 g/mol. The minimum Gasteiger partial charge on any atom is -0.493 e. The number of halogens is 1. The van der Waals surface area contributed by atoms with E-state index in [2.05, 4.69) is 0 Å². The zero-order chi connectivity index (χ0) is 15.9. The highest BCUT2D eigenvalue weighted by molar-refractivity contribution is 7.18. The summed E-state index contributed by atoms with van der Waals surface area (Å²) < 4.78 is 5.91. The molecule has 1 N–H and O–H groups in total. The molecule has 0 radical (unpaired) electrons. The fourth-order valence-corrected chi connectivity index (χ4v) is 2.63. The van der Waals surface area contributed by atoms with E-state index < -0.39 is 5.97 Å². The lowest BCUT2D eigenvalue weighted by molar-refractivity contribution is -0.137. The van der Waals surface area contributed by atoms with Crippen LogP contribution in [0.4, 0.5) is 0 Å². The lowest BCUT2D eigenvalue weighted by atomic mass is 10.2. The van der Waals surface area contributed by atoms with Crippen LogP contribution < -0.4 is 4.74 Å². The number of ether oxygens (including phenoxy) is 1. The monoisotopic (exact) mass is 336 g/mol. The predicted octanol–water partition coefficient (Wildman–Crippen LogP) is 4.15. The topological polar surface area (TPSA) is 63.6 Å². The van der Waals surface area contributed by atoms with E-state index in [1.54, 1.807) is 36.4 Å². The van der Waals surface area contributed by atoms with Gasteiger partial charge in [-0.05, 0) is 35.9 Å². The van der Waals surface area contributed by atoms with Crippen LogP contribution in [0.3, 0.4) is 0 Å². The number of rotatable bonds is 7. The summed E-state index contributed by atoms with van der Waals surface area (Å²) in [6, 6.07) is 10.5. The van der Waals surface area contributed by atoms with Crippen molar-refractivity contribution < 1.29 is 19.4 Å². The summed E-state index contributed by atoms with van der Waals surface area (Å²) in [7, 11) is 0. The molecule has 0 bridgehead atoms. The highest BCUT2D eigenvalue weighted by atomic mass is 35.5. The van der Waals surface area contributed by atoms with Crippen molar-refractivity contribution in [3.05, 3.63) is 57.3 Å². The average Bonchev–Trinajstić information content (AvgIpc) is 2.91. The number of aliphatic carboxylic acids is 1. The molecule has 0 fully saturated rings. The van der Waals surface area contributed by atoms with Crippen LogP contribution in [0.5, 0.6) is 5.75 Å². The summed E-state index contributed by atoms with van der Waals surface area (Å²) in [6.07, 6.45) is 3.09. The van der Waals surface area contributed by atoms with Gasteiger partial charge in [-0.1, -0.05) is 29.8 Å². The average molecular weight is 337 g/mol. The Kier molecular flexibility index (Phi) is 5.75. The first-order valence-electron chi connectivity index (χ1n) is 6.47. The van der Waals surface area contributed by atoms with Crippen LogP contribution in [0.1, 0.15) is 21.7 Å². The van der Waals surface area contributed by atoms with Gasteiger partial charge in [0.25, 0.3) is 0 Å². The summed E-state index contributed by atoms with van der Waals surface area (Å²) in [5, 5.41) is 8.56. The molecule has 22 heavy (non-hydrogen) atoms. The normalized spacial score (nSPS) is 10.8. The molecule has 2 aromatic rings. The van der Waals surface area contributed by atoms with Crippen LogP contribution in [-0.4, -0.2) is 23.5 Å². The Balaban J connectivity index is 1.98. The minimum absolute atomic E-state index is 0.0578. The van der Waals surface area contributed by atoms with E-state index in [0.29, 0.717) is 15.0 Å². The fourth-order valence-electron chi connectivity index (χ4n) is 1.66. The highest BCUT2D eigenvalue weighted by Crippen LogP contribution is 2.22. The molecule has 0 amide bonds. The van der Waals surface area contributed by atoms with Crippen molar-refractivity contribution in [2.24, 2.45) is 0 Å². The minimum atomic E-state index is -0.906. The number of hydrogen-bond acceptors (Lipinski definition) is 4. The van der Waals surface area contributed by atoms with Gasteiger partial charge in [0.15, 0.2) is 5.78 Å². The predicted molar refractivity (Wildman–Crippen MR) is 86.9 cm³/mol. The quantitative estimate of drug-likeness (QED) is 0.609. The molecule has 0 saturated heterocycles. The summed E-state index contributed by atoms with van der Waals surface area (Å²) in [5.41, 5.74) is 0.795. The van der Waals surface area contributed by atoms with Gasteiger partial charge in [-0.15, -0.1) is 11.3 Å². The van der Waals surface area contributed by atoms with E-state index in [0.717, 1.165) is 5.56 Å². The van der Waals surface area contributed by atoms with Crippen LogP contribution >= 0.6 is 22.9 Å². The van der Waals surface area contributed by atoms with Gasteiger partial charge in [-0.2, -0.15) is 0 Å². The van der Waals surface area contributed by atoms with Gasteiger partial charge in [-0.25, -0.2) is 0 Å². The van der Waals surface area contributed by atoms with Crippen molar-refractivity contribution in [2.45, 2.75) is 6.42 Å². The van der Waals surface area contributed by atoms with Gasteiger partial charge in [0.05, 0.1) is 22.2 Å². The number of allylic oxidation sites excluding steroid dienone is 1. The molecule has 4 nitrogen and oxygen atoms in total. The molecular formula is C16H13ClO4S. The van der Waals surface area contributed by atoms with Crippen molar-refractivity contribution in [3.63, 3.8) is 0 Å². The first-order valence-corrected chi connectivity index (χ1v) is 7.66. The van der Waals surface area contributed by atoms with Crippen LogP contribution in [0.15, 0.2) is 42.5 Å². The maximum absolute atomic E-state index is 11.9. The first-order chi connectivity index (χ1) is 10.5. The van der Waals surface area contributed by atoms with Crippen molar-refractivity contribution in [3.8, 4) is 5.75 Å². The van der Waals surface area contributed by atoms with E-state index in [1.165, 1.54) is 17.4 Å². The second kappa shape index (κ2) is 7.77. The van der Waals surface area contributed by atoms with Crippen LogP contribution in [0, 0.1) is 0 Å². The van der Waals surface area contributed by atoms with Gasteiger partial charge in [0.1, 0.15) is 5.75 Å². The molecule has 1 aromatic carbocycles. The maximum Gasteiger partial charge on any atom is 0.306 e. The summed E-state index contributed by atoms with van der Waals surface area (Å²) in [5.74, 6) is -0.458. The van der Waals surface area contributed by atoms with E-state index in [-0.39, 0.29) is 18.8 Å². The third-order valence-corrected chi connectivity index (χ3v) is 3.93. The lowest BCUT2D eigenvalue weighted by Crippen LogP contribution is -2.04. The number of carbonyl (C=O) groups excluding carboxylic acids is 1. The third kappa shape index (κ3) is 5.02. The van der Waals surface area contributed by atoms with Gasteiger partial charge >= 0.3 is 5.97 Å². The Morgan fingerprint density at radius 3 is 2.77 bits per heavy atom. The Bertz CT molecular complexity index is 706. The Morgan fingerprint density at radius 2 is 2.09 bits per heavy atom. The number of carboxylic acids is 1. The van der Waals surface area contributed by atoms with Gasteiger partial charge in [0.2, 0.25) is 0 Å². The van der Waals surface area contributed by atoms with E-state index in [4.69, 9.17) is 21.4 Å². The SMILES string of the molecule is O=C(O)CCOc1cccc(/C=C/C(=O)c2ccc(Cl)s2)c1. The maximum atomic E-state index is 11.9. The van der Waals surface area contributed by atoms with E-state index in [1.807, 2.05) is 6.07 Å². The number of benzene rings is 1. The van der Waals surface area contributed by atoms with Crippen molar-refractivity contribution >= 4 is 40.8 Å². The summed E-state index contributed by atoms with van der Waals surface area (Å²) in [6.45, 7) is 0.106. The van der Waals surface area contributed by atoms with E-state index in [9.17, 15) is 9.59 Å². The zero-order valence-electron chi connectivity index (χ0n) is 11.5. The number of hydrogen-bond donors (Lipinski definition) is 1. The smallest absolute Gasteiger partial charge is 0.306 e. The van der Waals surface area contributed by atoms with Crippen LogP contribution in [-0.2, 0) is 4.79 Å². The Hall–Kier alpha value is -2.11. The number of carboxylic acid groups (broad SMARTS) is 1. The standard InChI is InChI=1S/C16H13ClO4S/c17-15-7-6-14(22-15)13(18)5-4-11-2-1-3-12(10-11)21-9-8-16(19)20/h1-7,10H,8-9H2,(H,19,20)/b5-4+. The molecule has 0 saturated carbocycles. The molecule has 114 valence electrons. The molecule has 2 rings (SSSR count). The second-order valence-electron chi connectivity index (χ2n) is 4.37. The molecule has 0 aliphatic rings. The van der Waals surface area contributed by atoms with Gasteiger partial charge in [-0.3, -0.25) is 9.59 Å². The summed E-state index contributed by atoms with van der Waals surface area (Å²) >= 11 is 7.03. The molecule has 0 spiro atoms. The van der Waals surface area contributed by atoms with Crippen molar-refractivity contribution in [1.82, 2.24) is 0 Å². The lowest BCUT2D eigenvalue weighted by Gasteiger charge is -2.04.